The maximum atomic E-state index is 12.8. The van der Waals surface area contributed by atoms with Crippen LogP contribution in [0.15, 0.2) is 48.5 Å². The number of nitrogens with zero attached hydrogens (tertiary/aromatic N) is 2. The van der Waals surface area contributed by atoms with Gasteiger partial charge in [-0.3, -0.25) is 4.90 Å². The van der Waals surface area contributed by atoms with Crippen LogP contribution in [0.3, 0.4) is 0 Å². The molecule has 4 rings (SSSR count). The molecule has 0 saturated carbocycles. The summed E-state index contributed by atoms with van der Waals surface area (Å²) in [5.41, 5.74) is -0.0344. The van der Waals surface area contributed by atoms with E-state index in [1.54, 1.807) is 51.1 Å². The SMILES string of the molecule is COc1nc2ccc(Cl)cc2cc1C(c1ccc(Cl)cc1)C1(O)CCN(C(=O)OC(C)(C)C)C(C=O)C1. The van der Waals surface area contributed by atoms with Crippen LogP contribution in [0.1, 0.15) is 50.7 Å². The van der Waals surface area contributed by atoms with E-state index in [0.29, 0.717) is 33.3 Å². The molecule has 1 aromatic heterocycles. The summed E-state index contributed by atoms with van der Waals surface area (Å²) >= 11 is 12.4. The van der Waals surface area contributed by atoms with Crippen molar-refractivity contribution < 1.29 is 24.2 Å². The number of aromatic nitrogens is 1. The van der Waals surface area contributed by atoms with Crippen LogP contribution in [0, 0.1) is 0 Å². The molecule has 37 heavy (non-hydrogen) atoms. The number of benzene rings is 2. The highest BCUT2D eigenvalue weighted by Gasteiger charge is 2.48. The molecule has 0 spiro atoms. The molecule has 1 aliphatic rings. The van der Waals surface area contributed by atoms with Gasteiger partial charge in [0.1, 0.15) is 11.9 Å². The molecule has 1 fully saturated rings. The Hall–Kier alpha value is -2.87. The molecular weight excluding hydrogens is 515 g/mol. The van der Waals surface area contributed by atoms with Gasteiger partial charge in [0.2, 0.25) is 5.88 Å². The second-order valence-corrected chi connectivity index (χ2v) is 11.2. The largest absolute Gasteiger partial charge is 0.481 e. The zero-order valence-corrected chi connectivity index (χ0v) is 22.7. The quantitative estimate of drug-likeness (QED) is 0.395. The molecule has 1 saturated heterocycles. The lowest BCUT2D eigenvalue weighted by Gasteiger charge is -2.46. The van der Waals surface area contributed by atoms with Crippen LogP contribution in [-0.2, 0) is 9.53 Å². The maximum absolute atomic E-state index is 12.8. The summed E-state index contributed by atoms with van der Waals surface area (Å²) in [7, 11) is 1.52. The van der Waals surface area contributed by atoms with Crippen LogP contribution >= 0.6 is 23.2 Å². The summed E-state index contributed by atoms with van der Waals surface area (Å²) in [5.74, 6) is -0.292. The number of aldehydes is 1. The Bertz CT molecular complexity index is 1310. The molecule has 2 heterocycles. The van der Waals surface area contributed by atoms with E-state index >= 15 is 0 Å². The summed E-state index contributed by atoms with van der Waals surface area (Å²) < 4.78 is 11.2. The molecule has 0 bridgehead atoms. The summed E-state index contributed by atoms with van der Waals surface area (Å²) in [6.07, 6.45) is 0.289. The fourth-order valence-corrected chi connectivity index (χ4v) is 5.24. The molecule has 3 unspecified atom stereocenters. The number of pyridine rings is 1. The van der Waals surface area contributed by atoms with Crippen molar-refractivity contribution in [3.05, 3.63) is 69.7 Å². The Morgan fingerprint density at radius 1 is 1.16 bits per heavy atom. The first-order valence-electron chi connectivity index (χ1n) is 12.0. The van der Waals surface area contributed by atoms with E-state index in [-0.39, 0.29) is 19.4 Å². The Balaban J connectivity index is 1.82. The smallest absolute Gasteiger partial charge is 0.410 e. The van der Waals surface area contributed by atoms with Crippen LogP contribution in [0.5, 0.6) is 5.88 Å². The number of ether oxygens (including phenoxy) is 2. The van der Waals surface area contributed by atoms with E-state index in [2.05, 4.69) is 4.98 Å². The highest BCUT2D eigenvalue weighted by atomic mass is 35.5. The minimum absolute atomic E-state index is 0.000225. The third-order valence-electron chi connectivity index (χ3n) is 6.55. The van der Waals surface area contributed by atoms with Crippen molar-refractivity contribution >= 4 is 46.5 Å². The fourth-order valence-electron chi connectivity index (χ4n) is 4.94. The third kappa shape index (κ3) is 5.84. The predicted octanol–water partition coefficient (Wildman–Crippen LogP) is 6.01. The molecule has 1 N–H and O–H groups in total. The van der Waals surface area contributed by atoms with E-state index in [4.69, 9.17) is 32.7 Å². The van der Waals surface area contributed by atoms with Crippen LogP contribution in [0.2, 0.25) is 10.0 Å². The van der Waals surface area contributed by atoms with Crippen molar-refractivity contribution in [2.24, 2.45) is 0 Å². The number of fused-ring (bicyclic) bond motifs is 1. The van der Waals surface area contributed by atoms with Gasteiger partial charge in [-0.05, 0) is 69.2 Å². The summed E-state index contributed by atoms with van der Waals surface area (Å²) in [6, 6.07) is 13.5. The Morgan fingerprint density at radius 3 is 2.46 bits per heavy atom. The predicted molar refractivity (Wildman–Crippen MR) is 144 cm³/mol. The van der Waals surface area contributed by atoms with Gasteiger partial charge in [0.25, 0.3) is 0 Å². The molecule has 3 atom stereocenters. The number of methoxy groups -OCH3 is 1. The number of carbonyl (C=O) groups is 2. The van der Waals surface area contributed by atoms with Crippen LogP contribution in [-0.4, -0.2) is 58.3 Å². The lowest BCUT2D eigenvalue weighted by atomic mass is 9.70. The Kier molecular flexibility index (Phi) is 7.70. The molecule has 0 aliphatic carbocycles. The minimum Gasteiger partial charge on any atom is -0.481 e. The van der Waals surface area contributed by atoms with E-state index < -0.39 is 29.3 Å². The topological polar surface area (TPSA) is 89.0 Å². The van der Waals surface area contributed by atoms with Gasteiger partial charge in [0, 0.05) is 39.9 Å². The summed E-state index contributed by atoms with van der Waals surface area (Å²) in [4.78, 5) is 31.1. The summed E-state index contributed by atoms with van der Waals surface area (Å²) in [5, 5.41) is 14.1. The second kappa shape index (κ2) is 10.5. The zero-order chi connectivity index (χ0) is 27.0. The first kappa shape index (κ1) is 27.2. The number of likely N-dealkylation sites (tertiary alicyclic amines) is 1. The number of hydrogen-bond donors (Lipinski definition) is 1. The van der Waals surface area contributed by atoms with Gasteiger partial charge in [-0.25, -0.2) is 9.78 Å². The van der Waals surface area contributed by atoms with Crippen molar-refractivity contribution in [3.63, 3.8) is 0 Å². The van der Waals surface area contributed by atoms with Crippen LogP contribution in [0.4, 0.5) is 4.79 Å². The number of rotatable bonds is 5. The molecule has 3 aromatic rings. The number of piperidine rings is 1. The van der Waals surface area contributed by atoms with E-state index in [0.717, 1.165) is 10.9 Å². The Labute approximate surface area is 226 Å². The van der Waals surface area contributed by atoms with Crippen LogP contribution < -0.4 is 4.74 Å². The third-order valence-corrected chi connectivity index (χ3v) is 7.04. The second-order valence-electron chi connectivity index (χ2n) is 10.3. The van der Waals surface area contributed by atoms with Crippen molar-refractivity contribution in [3.8, 4) is 5.88 Å². The highest BCUT2D eigenvalue weighted by molar-refractivity contribution is 6.31. The average molecular weight is 545 g/mol. The first-order chi connectivity index (χ1) is 17.4. The number of amides is 1. The lowest BCUT2D eigenvalue weighted by Crippen LogP contribution is -2.56. The number of hydrogen-bond acceptors (Lipinski definition) is 6. The van der Waals surface area contributed by atoms with E-state index in [1.807, 2.05) is 18.2 Å². The molecule has 1 aliphatic heterocycles. The van der Waals surface area contributed by atoms with Crippen molar-refractivity contribution in [2.75, 3.05) is 13.7 Å². The van der Waals surface area contributed by atoms with Gasteiger partial charge in [0.15, 0.2) is 0 Å². The number of aliphatic hydroxyl groups is 1. The van der Waals surface area contributed by atoms with Crippen molar-refractivity contribution in [2.45, 2.75) is 56.8 Å². The fraction of sp³-hybridized carbons (Fsp3) is 0.393. The van der Waals surface area contributed by atoms with E-state index in [1.165, 1.54) is 12.0 Å². The zero-order valence-electron chi connectivity index (χ0n) is 21.2. The molecule has 1 amide bonds. The van der Waals surface area contributed by atoms with Crippen LogP contribution in [0.25, 0.3) is 10.9 Å². The molecular formula is C28H30Cl2N2O5. The minimum atomic E-state index is -1.42. The molecule has 196 valence electrons. The molecule has 2 aromatic carbocycles. The summed E-state index contributed by atoms with van der Waals surface area (Å²) in [6.45, 7) is 5.43. The number of halogens is 2. The van der Waals surface area contributed by atoms with Gasteiger partial charge in [-0.1, -0.05) is 35.3 Å². The standard InChI is InChI=1S/C28H30Cl2N2O5/c1-27(2,3)37-26(34)32-12-11-28(35,15-21(32)16-33)24(17-5-7-19(29)8-6-17)22-14-18-13-20(30)9-10-23(18)31-25(22)36-4/h5-10,13-14,16,21,24,35H,11-12,15H2,1-4H3. The first-order valence-corrected chi connectivity index (χ1v) is 12.8. The molecule has 9 heteroatoms. The molecule has 0 radical (unpaired) electrons. The van der Waals surface area contributed by atoms with Gasteiger partial charge in [-0.2, -0.15) is 0 Å². The Morgan fingerprint density at radius 2 is 1.84 bits per heavy atom. The van der Waals surface area contributed by atoms with Gasteiger partial charge >= 0.3 is 6.09 Å². The van der Waals surface area contributed by atoms with E-state index in [9.17, 15) is 14.7 Å². The normalized spacial score (nSPS) is 20.9. The van der Waals surface area contributed by atoms with Gasteiger partial charge in [-0.15, -0.1) is 0 Å². The molecule has 7 nitrogen and oxygen atoms in total. The van der Waals surface area contributed by atoms with Gasteiger partial charge in [0.05, 0.1) is 24.3 Å². The van der Waals surface area contributed by atoms with Crippen molar-refractivity contribution in [1.29, 1.82) is 0 Å². The lowest BCUT2D eigenvalue weighted by molar-refractivity contribution is -0.120. The maximum Gasteiger partial charge on any atom is 0.410 e. The highest BCUT2D eigenvalue weighted by Crippen LogP contribution is 2.46. The number of carbonyl (C=O) groups excluding carboxylic acids is 2. The monoisotopic (exact) mass is 544 g/mol. The average Bonchev–Trinajstić information content (AvgIpc) is 2.83. The van der Waals surface area contributed by atoms with Gasteiger partial charge < -0.3 is 19.4 Å². The van der Waals surface area contributed by atoms with Crippen molar-refractivity contribution in [1.82, 2.24) is 9.88 Å².